The fraction of sp³-hybridized carbons (Fsp3) is 0.333. The lowest BCUT2D eigenvalue weighted by atomic mass is 10.00. The Balaban J connectivity index is 2.07. The molecule has 1 aromatic heterocycles. The monoisotopic (exact) mass is 265 g/mol. The molecule has 2 aromatic rings. The van der Waals surface area contributed by atoms with Crippen LogP contribution in [0.25, 0.3) is 0 Å². The number of hydrogen-bond donors (Lipinski definition) is 1. The third-order valence-electron chi connectivity index (χ3n) is 2.96. The van der Waals surface area contributed by atoms with Crippen LogP contribution >= 0.6 is 0 Å². The number of furan rings is 1. The van der Waals surface area contributed by atoms with E-state index in [2.05, 4.69) is 5.32 Å². The molecule has 0 aliphatic carbocycles. The average molecular weight is 265 g/mol. The maximum atomic E-state index is 13.2. The van der Waals surface area contributed by atoms with Gasteiger partial charge in [-0.1, -0.05) is 6.92 Å². The topological polar surface area (TPSA) is 25.2 Å². The highest BCUT2D eigenvalue weighted by molar-refractivity contribution is 5.20. The SMILES string of the molecule is CCNC(Cc1ccoc1)Cc1cc(F)cc(F)c1. The van der Waals surface area contributed by atoms with Crippen molar-refractivity contribution in [3.05, 3.63) is 59.6 Å². The second-order valence-corrected chi connectivity index (χ2v) is 4.57. The number of likely N-dealkylation sites (N-methyl/N-ethyl adjacent to an activating group) is 1. The normalized spacial score (nSPS) is 12.6. The van der Waals surface area contributed by atoms with E-state index in [9.17, 15) is 8.78 Å². The van der Waals surface area contributed by atoms with Crippen molar-refractivity contribution in [2.75, 3.05) is 6.54 Å². The first-order chi connectivity index (χ1) is 9.17. The maximum Gasteiger partial charge on any atom is 0.126 e. The number of nitrogens with one attached hydrogen (secondary N) is 1. The fourth-order valence-electron chi connectivity index (χ4n) is 2.21. The highest BCUT2D eigenvalue weighted by Crippen LogP contribution is 2.13. The van der Waals surface area contributed by atoms with Crippen LogP contribution in [0.3, 0.4) is 0 Å². The Labute approximate surface area is 111 Å². The summed E-state index contributed by atoms with van der Waals surface area (Å²) in [4.78, 5) is 0. The van der Waals surface area contributed by atoms with Crippen LogP contribution in [0.15, 0.2) is 41.2 Å². The molecule has 4 heteroatoms. The molecular formula is C15H17F2NO. The van der Waals surface area contributed by atoms with Gasteiger partial charge in [0.15, 0.2) is 0 Å². The zero-order valence-corrected chi connectivity index (χ0v) is 10.8. The van der Waals surface area contributed by atoms with Gasteiger partial charge in [0.1, 0.15) is 11.6 Å². The van der Waals surface area contributed by atoms with E-state index in [0.29, 0.717) is 12.0 Å². The fourth-order valence-corrected chi connectivity index (χ4v) is 2.21. The van der Waals surface area contributed by atoms with Gasteiger partial charge in [0.2, 0.25) is 0 Å². The highest BCUT2D eigenvalue weighted by Gasteiger charge is 2.11. The number of hydrogen-bond acceptors (Lipinski definition) is 2. The lowest BCUT2D eigenvalue weighted by Gasteiger charge is -2.17. The van der Waals surface area contributed by atoms with Crippen molar-refractivity contribution >= 4 is 0 Å². The van der Waals surface area contributed by atoms with Crippen LogP contribution < -0.4 is 5.32 Å². The van der Waals surface area contributed by atoms with Crippen LogP contribution in [0, 0.1) is 11.6 Å². The average Bonchev–Trinajstić information content (AvgIpc) is 2.80. The van der Waals surface area contributed by atoms with E-state index in [1.807, 2.05) is 13.0 Å². The summed E-state index contributed by atoms with van der Waals surface area (Å²) < 4.78 is 31.4. The van der Waals surface area contributed by atoms with Gasteiger partial charge < -0.3 is 9.73 Å². The summed E-state index contributed by atoms with van der Waals surface area (Å²) in [7, 11) is 0. The van der Waals surface area contributed by atoms with Gasteiger partial charge in [-0.2, -0.15) is 0 Å². The van der Waals surface area contributed by atoms with Crippen molar-refractivity contribution < 1.29 is 13.2 Å². The van der Waals surface area contributed by atoms with Gasteiger partial charge in [0.05, 0.1) is 12.5 Å². The van der Waals surface area contributed by atoms with E-state index >= 15 is 0 Å². The maximum absolute atomic E-state index is 13.2. The second-order valence-electron chi connectivity index (χ2n) is 4.57. The van der Waals surface area contributed by atoms with Crippen molar-refractivity contribution in [1.29, 1.82) is 0 Å². The van der Waals surface area contributed by atoms with Crippen molar-refractivity contribution in [1.82, 2.24) is 5.32 Å². The van der Waals surface area contributed by atoms with Gasteiger partial charge in [-0.15, -0.1) is 0 Å². The van der Waals surface area contributed by atoms with Gasteiger partial charge in [-0.3, -0.25) is 0 Å². The van der Waals surface area contributed by atoms with E-state index < -0.39 is 11.6 Å². The van der Waals surface area contributed by atoms with Crippen LogP contribution in [0.1, 0.15) is 18.1 Å². The van der Waals surface area contributed by atoms with E-state index in [1.165, 1.54) is 12.1 Å². The van der Waals surface area contributed by atoms with Crippen molar-refractivity contribution in [2.45, 2.75) is 25.8 Å². The third-order valence-corrected chi connectivity index (χ3v) is 2.96. The van der Waals surface area contributed by atoms with E-state index in [1.54, 1.807) is 12.5 Å². The Bertz CT molecular complexity index is 491. The van der Waals surface area contributed by atoms with Gasteiger partial charge >= 0.3 is 0 Å². The molecule has 0 bridgehead atoms. The first-order valence-corrected chi connectivity index (χ1v) is 6.37. The lowest BCUT2D eigenvalue weighted by Crippen LogP contribution is -2.33. The molecule has 102 valence electrons. The summed E-state index contributed by atoms with van der Waals surface area (Å²) in [5, 5.41) is 3.32. The minimum absolute atomic E-state index is 0.129. The Hall–Kier alpha value is -1.68. The molecule has 0 saturated carbocycles. The summed E-state index contributed by atoms with van der Waals surface area (Å²) in [6.07, 6.45) is 4.66. The minimum Gasteiger partial charge on any atom is -0.472 e. The molecule has 0 radical (unpaired) electrons. The summed E-state index contributed by atoms with van der Waals surface area (Å²) in [6.45, 7) is 2.81. The summed E-state index contributed by atoms with van der Waals surface area (Å²) >= 11 is 0. The molecule has 0 saturated heterocycles. The number of benzene rings is 1. The van der Waals surface area contributed by atoms with Crippen LogP contribution in [0.2, 0.25) is 0 Å². The molecular weight excluding hydrogens is 248 g/mol. The standard InChI is InChI=1S/C15H17F2NO/c1-2-18-15(7-11-3-4-19-10-11)8-12-5-13(16)9-14(17)6-12/h3-6,9-10,15,18H,2,7-8H2,1H3. The molecule has 2 nitrogen and oxygen atoms in total. The molecule has 0 spiro atoms. The summed E-state index contributed by atoms with van der Waals surface area (Å²) in [6, 6.07) is 5.67. The lowest BCUT2D eigenvalue weighted by molar-refractivity contribution is 0.509. The predicted molar refractivity (Wildman–Crippen MR) is 69.9 cm³/mol. The molecule has 1 unspecified atom stereocenters. The Morgan fingerprint density at radius 2 is 1.79 bits per heavy atom. The molecule has 0 aliphatic heterocycles. The van der Waals surface area contributed by atoms with Gasteiger partial charge in [-0.05, 0) is 48.7 Å². The van der Waals surface area contributed by atoms with Gasteiger partial charge in [-0.25, -0.2) is 8.78 Å². The van der Waals surface area contributed by atoms with Gasteiger partial charge in [0, 0.05) is 12.1 Å². The predicted octanol–water partition coefficient (Wildman–Crippen LogP) is 3.32. The minimum atomic E-state index is -0.534. The van der Waals surface area contributed by atoms with Crippen LogP contribution in [-0.4, -0.2) is 12.6 Å². The molecule has 0 aliphatic rings. The largest absolute Gasteiger partial charge is 0.472 e. The molecule has 0 fully saturated rings. The number of halogens is 2. The quantitative estimate of drug-likeness (QED) is 0.866. The van der Waals surface area contributed by atoms with E-state index in [0.717, 1.165) is 24.6 Å². The molecule has 2 rings (SSSR count). The van der Waals surface area contributed by atoms with Crippen LogP contribution in [0.4, 0.5) is 8.78 Å². The Kier molecular flexibility index (Phi) is 4.68. The molecule has 1 N–H and O–H groups in total. The molecule has 1 atom stereocenters. The first-order valence-electron chi connectivity index (χ1n) is 6.37. The first kappa shape index (κ1) is 13.7. The van der Waals surface area contributed by atoms with Crippen molar-refractivity contribution in [3.63, 3.8) is 0 Å². The molecule has 1 heterocycles. The van der Waals surface area contributed by atoms with E-state index in [-0.39, 0.29) is 6.04 Å². The third kappa shape index (κ3) is 4.17. The zero-order chi connectivity index (χ0) is 13.7. The molecule has 19 heavy (non-hydrogen) atoms. The second kappa shape index (κ2) is 6.48. The van der Waals surface area contributed by atoms with Crippen molar-refractivity contribution in [2.24, 2.45) is 0 Å². The Morgan fingerprint density at radius 1 is 1.11 bits per heavy atom. The molecule has 0 amide bonds. The summed E-state index contributed by atoms with van der Waals surface area (Å²) in [5.74, 6) is -1.07. The molecule has 1 aromatic carbocycles. The highest BCUT2D eigenvalue weighted by atomic mass is 19.1. The number of rotatable bonds is 6. The smallest absolute Gasteiger partial charge is 0.126 e. The van der Waals surface area contributed by atoms with Gasteiger partial charge in [0.25, 0.3) is 0 Å². The van der Waals surface area contributed by atoms with E-state index in [4.69, 9.17) is 4.42 Å². The van der Waals surface area contributed by atoms with Crippen LogP contribution in [0.5, 0.6) is 0 Å². The Morgan fingerprint density at radius 3 is 2.37 bits per heavy atom. The summed E-state index contributed by atoms with van der Waals surface area (Å²) in [5.41, 5.74) is 1.73. The van der Waals surface area contributed by atoms with Crippen molar-refractivity contribution in [3.8, 4) is 0 Å². The van der Waals surface area contributed by atoms with Crippen LogP contribution in [-0.2, 0) is 12.8 Å². The zero-order valence-electron chi connectivity index (χ0n) is 10.8.